The summed E-state index contributed by atoms with van der Waals surface area (Å²) in [6.45, 7) is 3.17. The van der Waals surface area contributed by atoms with Gasteiger partial charge >= 0.3 is 0 Å². The molecule has 0 saturated heterocycles. The number of halogens is 1. The summed E-state index contributed by atoms with van der Waals surface area (Å²) in [5.41, 5.74) is 4.86. The Bertz CT molecular complexity index is 842. The molecule has 2 aliphatic rings. The van der Waals surface area contributed by atoms with E-state index >= 15 is 0 Å². The molecule has 0 unspecified atom stereocenters. The van der Waals surface area contributed by atoms with Crippen molar-refractivity contribution in [3.8, 4) is 0 Å². The van der Waals surface area contributed by atoms with Crippen molar-refractivity contribution < 1.29 is 9.13 Å². The second kappa shape index (κ2) is 12.2. The van der Waals surface area contributed by atoms with Crippen LogP contribution < -0.4 is 0 Å². The van der Waals surface area contributed by atoms with Crippen molar-refractivity contribution in [3.63, 3.8) is 0 Å². The van der Waals surface area contributed by atoms with E-state index in [1.54, 1.807) is 7.11 Å². The maximum Gasteiger partial charge on any atom is 0.126 e. The lowest BCUT2D eigenvalue weighted by Crippen LogP contribution is -2.17. The highest BCUT2D eigenvalue weighted by molar-refractivity contribution is 5.30. The second-order valence-corrected chi connectivity index (χ2v) is 10.8. The van der Waals surface area contributed by atoms with Gasteiger partial charge in [-0.1, -0.05) is 56.2 Å². The zero-order valence-corrected chi connectivity index (χ0v) is 20.8. The first-order chi connectivity index (χ1) is 16.2. The highest BCUT2D eigenvalue weighted by Crippen LogP contribution is 2.38. The van der Waals surface area contributed by atoms with Crippen LogP contribution in [0, 0.1) is 17.7 Å². The third kappa shape index (κ3) is 6.69. The first-order valence-corrected chi connectivity index (χ1v) is 13.5. The molecule has 2 aromatic rings. The van der Waals surface area contributed by atoms with E-state index in [2.05, 4.69) is 37.3 Å². The van der Waals surface area contributed by atoms with Gasteiger partial charge in [0.25, 0.3) is 0 Å². The van der Waals surface area contributed by atoms with Crippen molar-refractivity contribution in [1.82, 2.24) is 0 Å². The Morgan fingerprint density at radius 1 is 0.758 bits per heavy atom. The molecule has 0 atom stereocenters. The summed E-state index contributed by atoms with van der Waals surface area (Å²) >= 11 is 0. The van der Waals surface area contributed by atoms with Crippen LogP contribution in [-0.4, -0.2) is 13.7 Å². The van der Waals surface area contributed by atoms with Gasteiger partial charge in [-0.2, -0.15) is 0 Å². The molecule has 2 heteroatoms. The van der Waals surface area contributed by atoms with Gasteiger partial charge in [-0.25, -0.2) is 4.39 Å². The third-order valence-corrected chi connectivity index (χ3v) is 8.48. The first-order valence-electron chi connectivity index (χ1n) is 13.5. The molecule has 0 aromatic heterocycles. The normalized spacial score (nSPS) is 25.8. The van der Waals surface area contributed by atoms with E-state index in [-0.39, 0.29) is 5.82 Å². The third-order valence-electron chi connectivity index (χ3n) is 8.48. The van der Waals surface area contributed by atoms with Crippen molar-refractivity contribution in [2.75, 3.05) is 13.7 Å². The van der Waals surface area contributed by atoms with Gasteiger partial charge in [0.2, 0.25) is 0 Å². The minimum absolute atomic E-state index is 0.0213. The highest BCUT2D eigenvalue weighted by Gasteiger charge is 2.23. The van der Waals surface area contributed by atoms with E-state index in [0.717, 1.165) is 49.7 Å². The summed E-state index contributed by atoms with van der Waals surface area (Å²) in [5, 5.41) is 0. The number of hydrogen-bond donors (Lipinski definition) is 0. The van der Waals surface area contributed by atoms with Gasteiger partial charge in [-0.3, -0.25) is 0 Å². The van der Waals surface area contributed by atoms with Crippen LogP contribution in [0.3, 0.4) is 0 Å². The van der Waals surface area contributed by atoms with Crippen molar-refractivity contribution in [1.29, 1.82) is 0 Å². The van der Waals surface area contributed by atoms with Crippen LogP contribution in [0.4, 0.5) is 4.39 Å². The monoisotopic (exact) mass is 450 g/mol. The Kier molecular flexibility index (Phi) is 9.01. The van der Waals surface area contributed by atoms with Crippen LogP contribution in [0.15, 0.2) is 42.5 Å². The van der Waals surface area contributed by atoms with Crippen LogP contribution >= 0.6 is 0 Å². The number of aryl methyl sites for hydroxylation is 2. The van der Waals surface area contributed by atoms with Crippen LogP contribution in [0.2, 0.25) is 0 Å². The summed E-state index contributed by atoms with van der Waals surface area (Å²) in [7, 11) is 1.79. The fourth-order valence-electron chi connectivity index (χ4n) is 6.35. The minimum atomic E-state index is -0.0213. The largest absolute Gasteiger partial charge is 0.384 e. The fourth-order valence-corrected chi connectivity index (χ4v) is 6.35. The van der Waals surface area contributed by atoms with Gasteiger partial charge in [0.1, 0.15) is 5.82 Å². The van der Waals surface area contributed by atoms with E-state index in [1.807, 2.05) is 12.1 Å². The Hall–Kier alpha value is -1.67. The van der Waals surface area contributed by atoms with Crippen molar-refractivity contribution in [3.05, 3.63) is 70.5 Å². The van der Waals surface area contributed by atoms with Crippen LogP contribution in [0.25, 0.3) is 0 Å². The number of hydrogen-bond acceptors (Lipinski definition) is 1. The van der Waals surface area contributed by atoms with Gasteiger partial charge in [0, 0.05) is 13.7 Å². The van der Waals surface area contributed by atoms with Gasteiger partial charge in [-0.05, 0) is 116 Å². The Morgan fingerprint density at radius 2 is 1.36 bits per heavy atom. The molecule has 0 amide bonds. The highest BCUT2D eigenvalue weighted by atomic mass is 19.1. The van der Waals surface area contributed by atoms with Gasteiger partial charge in [0.05, 0.1) is 0 Å². The summed E-state index contributed by atoms with van der Waals surface area (Å²) < 4.78 is 20.2. The predicted molar refractivity (Wildman–Crippen MR) is 136 cm³/mol. The zero-order valence-electron chi connectivity index (χ0n) is 20.8. The Balaban J connectivity index is 1.27. The molecule has 2 aromatic carbocycles. The van der Waals surface area contributed by atoms with Crippen molar-refractivity contribution in [2.24, 2.45) is 11.8 Å². The van der Waals surface area contributed by atoms with E-state index in [1.165, 1.54) is 68.1 Å². The van der Waals surface area contributed by atoms with Gasteiger partial charge in [0.15, 0.2) is 0 Å². The quantitative estimate of drug-likeness (QED) is 0.371. The summed E-state index contributed by atoms with van der Waals surface area (Å²) in [5.74, 6) is 2.86. The predicted octanol–water partition coefficient (Wildman–Crippen LogP) is 8.61. The number of benzene rings is 2. The maximum absolute atomic E-state index is 14.9. The smallest absolute Gasteiger partial charge is 0.126 e. The summed E-state index contributed by atoms with van der Waals surface area (Å²) in [4.78, 5) is 0. The molecule has 2 saturated carbocycles. The summed E-state index contributed by atoms with van der Waals surface area (Å²) in [6.07, 6.45) is 14.6. The number of ether oxygens (including phenoxy) is 1. The minimum Gasteiger partial charge on any atom is -0.384 e. The standard InChI is InChI=1S/C31H43FO/c1-3-4-23-5-12-26(13-6-23)27-14-7-24(8-15-27)9-18-29-19-20-30(21-31(29)32)28-16-10-25(11-17-28)22-33-2/h7-8,14-15,19-21,23,25-26,28H,3-6,9-13,16-18,22H2,1-2H3. The van der Waals surface area contributed by atoms with E-state index in [0.29, 0.717) is 11.8 Å². The number of methoxy groups -OCH3 is 1. The lowest BCUT2D eigenvalue weighted by Gasteiger charge is -2.28. The molecular formula is C31H43FO. The van der Waals surface area contributed by atoms with Crippen LogP contribution in [0.5, 0.6) is 0 Å². The van der Waals surface area contributed by atoms with E-state index < -0.39 is 0 Å². The maximum atomic E-state index is 14.9. The molecule has 0 heterocycles. The lowest BCUT2D eigenvalue weighted by molar-refractivity contribution is 0.127. The van der Waals surface area contributed by atoms with Crippen LogP contribution in [0.1, 0.15) is 105 Å². The molecule has 0 spiro atoms. The van der Waals surface area contributed by atoms with Crippen LogP contribution in [-0.2, 0) is 17.6 Å². The number of rotatable bonds is 9. The van der Waals surface area contributed by atoms with Gasteiger partial charge in [-0.15, -0.1) is 0 Å². The average Bonchev–Trinajstić information content (AvgIpc) is 2.85. The van der Waals surface area contributed by atoms with E-state index in [9.17, 15) is 4.39 Å². The van der Waals surface area contributed by atoms with Gasteiger partial charge < -0.3 is 4.74 Å². The zero-order chi connectivity index (χ0) is 23.0. The molecule has 0 bridgehead atoms. The second-order valence-electron chi connectivity index (χ2n) is 10.8. The Morgan fingerprint density at radius 3 is 1.97 bits per heavy atom. The summed E-state index contributed by atoms with van der Waals surface area (Å²) in [6, 6.07) is 15.2. The average molecular weight is 451 g/mol. The first kappa shape index (κ1) is 24.5. The molecule has 1 nitrogen and oxygen atoms in total. The topological polar surface area (TPSA) is 9.23 Å². The molecule has 2 fully saturated rings. The van der Waals surface area contributed by atoms with Crippen molar-refractivity contribution in [2.45, 2.75) is 95.8 Å². The molecule has 0 aliphatic heterocycles. The fraction of sp³-hybridized carbons (Fsp3) is 0.613. The molecule has 0 radical (unpaired) electrons. The molecular weight excluding hydrogens is 407 g/mol. The molecule has 180 valence electrons. The van der Waals surface area contributed by atoms with Crippen molar-refractivity contribution >= 4 is 0 Å². The Labute approximate surface area is 201 Å². The molecule has 2 aliphatic carbocycles. The molecule has 4 rings (SSSR count). The lowest BCUT2D eigenvalue weighted by atomic mass is 9.77. The molecule has 33 heavy (non-hydrogen) atoms. The van der Waals surface area contributed by atoms with E-state index in [4.69, 9.17) is 4.74 Å². The SMILES string of the molecule is CCCC1CCC(c2ccc(CCc3ccc(C4CCC(COC)CC4)cc3F)cc2)CC1. The molecule has 0 N–H and O–H groups in total.